The van der Waals surface area contributed by atoms with Gasteiger partial charge in [0.05, 0.1) is 48.7 Å². The van der Waals surface area contributed by atoms with Crippen molar-refractivity contribution in [1.82, 2.24) is 19.9 Å². The molecule has 6 rings (SSSR count). The Balaban J connectivity index is 0.000000208. The fraction of sp³-hybridized carbons (Fsp3) is 0.0625. The van der Waals surface area contributed by atoms with Crippen molar-refractivity contribution in [3.63, 3.8) is 0 Å². The van der Waals surface area contributed by atoms with Gasteiger partial charge in [0.25, 0.3) is 0 Å². The Morgan fingerprint density at radius 2 is 0.936 bits per heavy atom. The summed E-state index contributed by atoms with van der Waals surface area (Å²) in [4.78, 5) is 17.1. The molecule has 0 aliphatic rings. The summed E-state index contributed by atoms with van der Waals surface area (Å²) in [6, 6.07) is 24.6. The average Bonchev–Trinajstić information content (AvgIpc) is 3.07. The first-order chi connectivity index (χ1) is 22.4. The molecular weight excluding hydrogens is 695 g/mol. The van der Waals surface area contributed by atoms with Gasteiger partial charge < -0.3 is 19.7 Å². The van der Waals surface area contributed by atoms with Crippen LogP contribution >= 0.6 is 23.2 Å². The van der Waals surface area contributed by atoms with Gasteiger partial charge in [-0.3, -0.25) is 10.9 Å². The molecule has 6 aromatic rings. The fourth-order valence-electron chi connectivity index (χ4n) is 4.02. The van der Waals surface area contributed by atoms with Crippen LogP contribution in [0, 0.1) is 0 Å². The van der Waals surface area contributed by atoms with Crippen LogP contribution in [0.2, 0.25) is 10.3 Å². The van der Waals surface area contributed by atoms with Gasteiger partial charge in [0.1, 0.15) is 11.5 Å². The topological polar surface area (TPSA) is 165 Å². The third kappa shape index (κ3) is 8.54. The summed E-state index contributed by atoms with van der Waals surface area (Å²) < 4.78 is 9.96. The fourth-order valence-corrected chi connectivity index (χ4v) is 4.37. The Labute approximate surface area is 289 Å². The second-order valence-corrected chi connectivity index (χ2v) is 9.92. The van der Waals surface area contributed by atoms with Crippen molar-refractivity contribution in [1.29, 1.82) is 0 Å². The first-order valence-corrected chi connectivity index (χ1v) is 14.2. The number of hydrazone groups is 2. The maximum Gasteiger partial charge on any atom is 2.00 e. The summed E-state index contributed by atoms with van der Waals surface area (Å²) in [6.07, 6.45) is 2.77. The van der Waals surface area contributed by atoms with Gasteiger partial charge in [-0.1, -0.05) is 83.2 Å². The van der Waals surface area contributed by atoms with E-state index in [1.54, 1.807) is 36.4 Å². The number of para-hydroxylation sites is 6. The normalized spacial score (nSPS) is 10.8. The van der Waals surface area contributed by atoms with Crippen molar-refractivity contribution in [2.45, 2.75) is 0 Å². The van der Waals surface area contributed by atoms with Gasteiger partial charge in [0, 0.05) is 0 Å². The summed E-state index contributed by atoms with van der Waals surface area (Å²) in [5.74, 6) is 0.677. The molecule has 2 heterocycles. The molecule has 12 nitrogen and oxygen atoms in total. The summed E-state index contributed by atoms with van der Waals surface area (Å²) in [6.45, 7) is 0. The molecule has 15 heteroatoms. The van der Waals surface area contributed by atoms with Crippen LogP contribution in [-0.4, -0.2) is 46.6 Å². The van der Waals surface area contributed by atoms with E-state index >= 15 is 0 Å². The number of hydrogen-bond donors (Lipinski definition) is 2. The molecule has 0 saturated heterocycles. The number of fused-ring (bicyclic) bond motifs is 2. The second-order valence-electron chi connectivity index (χ2n) is 9.20. The third-order valence-electron chi connectivity index (χ3n) is 6.26. The number of halogens is 2. The van der Waals surface area contributed by atoms with Gasteiger partial charge in [-0.15, -0.1) is 0 Å². The van der Waals surface area contributed by atoms with Gasteiger partial charge >= 0.3 is 17.1 Å². The van der Waals surface area contributed by atoms with Gasteiger partial charge in [-0.2, -0.15) is 10.2 Å². The smallest absolute Gasteiger partial charge is 0.870 e. The number of nitrogens with zero attached hydrogens (tertiary/aromatic N) is 6. The van der Waals surface area contributed by atoms with Crippen molar-refractivity contribution >= 4 is 69.3 Å². The molecule has 0 fully saturated rings. The molecule has 241 valence electrons. The summed E-state index contributed by atoms with van der Waals surface area (Å²) in [5, 5.41) is 32.4. The molecule has 4 aromatic carbocycles. The molecule has 1 radical (unpaired) electrons. The largest absolute Gasteiger partial charge is 2.00 e. The number of anilines is 2. The maximum absolute atomic E-state index is 12.0. The third-order valence-corrected chi connectivity index (χ3v) is 6.79. The molecular formula is C32H24Cl2CuN8O4. The summed E-state index contributed by atoms with van der Waals surface area (Å²) in [5.41, 5.74) is 8.97. The van der Waals surface area contributed by atoms with Crippen molar-refractivity contribution in [2.75, 3.05) is 25.1 Å². The standard InChI is InChI=1S/2C16H13ClN4O2.Cu/c2*1-23-13-8-4-5-10(14(13)22)9-18-21-16-15(17)19-11-6-2-3-7-12(11)20-16;/h2*2-9,22H,1H3,(H,20,21);/q;;+2/p-2/b2*18-9+;. The SMILES string of the molecule is COc1cccc(/C=N/Nc2nc3ccccc3nc2Cl)c1[O-].COc1cccc(/C=N/Nc2nc3ccccc3nc2Cl)c1[O-].[Cu+2]. The maximum atomic E-state index is 12.0. The zero-order valence-corrected chi connectivity index (χ0v) is 27.1. The van der Waals surface area contributed by atoms with Crippen LogP contribution in [0.25, 0.3) is 22.1 Å². The Kier molecular flexibility index (Phi) is 12.1. The van der Waals surface area contributed by atoms with E-state index in [1.165, 1.54) is 26.6 Å². The van der Waals surface area contributed by atoms with E-state index in [0.717, 1.165) is 0 Å². The summed E-state index contributed by atoms with van der Waals surface area (Å²) >= 11 is 12.1. The molecule has 2 aromatic heterocycles. The van der Waals surface area contributed by atoms with Crippen molar-refractivity contribution in [3.05, 3.63) is 106 Å². The minimum Gasteiger partial charge on any atom is -0.870 e. The Morgan fingerprint density at radius 1 is 0.574 bits per heavy atom. The predicted molar refractivity (Wildman–Crippen MR) is 176 cm³/mol. The molecule has 0 aliphatic carbocycles. The van der Waals surface area contributed by atoms with Crippen LogP contribution in [0.15, 0.2) is 95.1 Å². The molecule has 0 spiro atoms. The number of hydrogen-bond acceptors (Lipinski definition) is 12. The Hall–Kier alpha value is -5.20. The van der Waals surface area contributed by atoms with Gasteiger partial charge in [-0.05, 0) is 47.5 Å². The van der Waals surface area contributed by atoms with Crippen molar-refractivity contribution in [3.8, 4) is 23.0 Å². The first-order valence-electron chi connectivity index (χ1n) is 13.5. The number of benzene rings is 4. The van der Waals surface area contributed by atoms with E-state index in [-0.39, 0.29) is 50.4 Å². The van der Waals surface area contributed by atoms with E-state index in [9.17, 15) is 10.2 Å². The van der Waals surface area contributed by atoms with Gasteiger partial charge in [0.15, 0.2) is 21.9 Å². The van der Waals surface area contributed by atoms with E-state index in [2.05, 4.69) is 41.0 Å². The van der Waals surface area contributed by atoms with E-state index in [1.807, 2.05) is 48.5 Å². The van der Waals surface area contributed by atoms with E-state index < -0.39 is 0 Å². The van der Waals surface area contributed by atoms with Crippen LogP contribution in [0.1, 0.15) is 11.1 Å². The number of nitrogens with one attached hydrogen (secondary N) is 2. The number of aromatic nitrogens is 4. The van der Waals surface area contributed by atoms with Gasteiger partial charge in [0.2, 0.25) is 0 Å². The molecule has 0 saturated carbocycles. The molecule has 0 unspecified atom stereocenters. The van der Waals surface area contributed by atoms with Crippen molar-refractivity contribution < 1.29 is 36.8 Å². The summed E-state index contributed by atoms with van der Waals surface area (Å²) in [7, 11) is 2.89. The van der Waals surface area contributed by atoms with E-state index in [0.29, 0.717) is 44.8 Å². The number of methoxy groups -OCH3 is 2. The zero-order chi connectivity index (χ0) is 32.5. The molecule has 0 bridgehead atoms. The molecule has 47 heavy (non-hydrogen) atoms. The van der Waals surface area contributed by atoms with Crippen molar-refractivity contribution in [2.24, 2.45) is 10.2 Å². The van der Waals surface area contributed by atoms with Crippen LogP contribution in [0.3, 0.4) is 0 Å². The quantitative estimate of drug-likeness (QED) is 0.115. The van der Waals surface area contributed by atoms with Crippen LogP contribution < -0.4 is 30.5 Å². The molecule has 0 amide bonds. The Morgan fingerprint density at radius 3 is 1.30 bits per heavy atom. The second kappa shape index (κ2) is 16.4. The van der Waals surface area contributed by atoms with Gasteiger partial charge in [-0.25, -0.2) is 19.9 Å². The average molecular weight is 719 g/mol. The van der Waals surface area contributed by atoms with Crippen LogP contribution in [-0.2, 0) is 17.1 Å². The Bertz CT molecular complexity index is 1920. The van der Waals surface area contributed by atoms with Crippen LogP contribution in [0.5, 0.6) is 23.0 Å². The molecule has 2 N–H and O–H groups in total. The minimum absolute atomic E-state index is 0. The number of ether oxygens (including phenoxy) is 2. The first kappa shape index (κ1) is 34.7. The zero-order valence-electron chi connectivity index (χ0n) is 24.6. The predicted octanol–water partition coefficient (Wildman–Crippen LogP) is 5.62. The minimum atomic E-state index is -0.240. The van der Waals surface area contributed by atoms with Crippen LogP contribution in [0.4, 0.5) is 11.6 Å². The molecule has 0 aliphatic heterocycles. The number of rotatable bonds is 8. The molecule has 0 atom stereocenters. The monoisotopic (exact) mass is 717 g/mol. The van der Waals surface area contributed by atoms with E-state index in [4.69, 9.17) is 32.7 Å².